The summed E-state index contributed by atoms with van der Waals surface area (Å²) in [5.41, 5.74) is 8.91. The van der Waals surface area contributed by atoms with Gasteiger partial charge < -0.3 is 10.6 Å². The number of aromatic nitrogens is 2. The van der Waals surface area contributed by atoms with E-state index in [-0.39, 0.29) is 11.9 Å². The molecule has 1 heterocycles. The van der Waals surface area contributed by atoms with E-state index in [1.165, 1.54) is 0 Å². The quantitative estimate of drug-likeness (QED) is 0.937. The van der Waals surface area contributed by atoms with Gasteiger partial charge in [-0.1, -0.05) is 12.1 Å². The highest BCUT2D eigenvalue weighted by molar-refractivity contribution is 6.07. The van der Waals surface area contributed by atoms with E-state index in [0.717, 1.165) is 16.9 Å². The molecular weight excluding hydrogens is 264 g/mol. The highest BCUT2D eigenvalue weighted by Crippen LogP contribution is 2.21. The predicted octanol–water partition coefficient (Wildman–Crippen LogP) is 2.24. The molecule has 0 saturated carbocycles. The van der Waals surface area contributed by atoms with Gasteiger partial charge in [0.05, 0.1) is 11.3 Å². The Morgan fingerprint density at radius 3 is 2.38 bits per heavy atom. The molecule has 0 bridgehead atoms. The normalized spacial score (nSPS) is 11.0. The lowest BCUT2D eigenvalue weighted by molar-refractivity contribution is 0.0979. The zero-order valence-corrected chi connectivity index (χ0v) is 13.0. The number of hydrogen-bond donors (Lipinski definition) is 1. The van der Waals surface area contributed by atoms with Crippen molar-refractivity contribution in [2.75, 3.05) is 4.90 Å². The van der Waals surface area contributed by atoms with Crippen LogP contribution in [0.5, 0.6) is 0 Å². The molecule has 1 aromatic carbocycles. The molecule has 0 radical (unpaired) electrons. The van der Waals surface area contributed by atoms with Crippen LogP contribution in [0.4, 0.5) is 5.69 Å². The van der Waals surface area contributed by atoms with Crippen LogP contribution < -0.4 is 10.6 Å². The number of hydrogen-bond acceptors (Lipinski definition) is 3. The van der Waals surface area contributed by atoms with Crippen LogP contribution in [0.15, 0.2) is 30.5 Å². The maximum Gasteiger partial charge on any atom is 0.261 e. The molecule has 0 aliphatic rings. The number of nitrogens with zero attached hydrogens (tertiary/aromatic N) is 3. The molecule has 0 fully saturated rings. The summed E-state index contributed by atoms with van der Waals surface area (Å²) in [6.45, 7) is 6.35. The maximum absolute atomic E-state index is 12.8. The van der Waals surface area contributed by atoms with Gasteiger partial charge in [0.25, 0.3) is 5.91 Å². The smallest absolute Gasteiger partial charge is 0.261 e. The third-order valence-electron chi connectivity index (χ3n) is 3.43. The van der Waals surface area contributed by atoms with E-state index in [0.29, 0.717) is 12.1 Å². The maximum atomic E-state index is 12.8. The Balaban J connectivity index is 2.38. The lowest BCUT2D eigenvalue weighted by atomic mass is 10.1. The number of nitrogens with two attached hydrogens (primary N) is 1. The Kier molecular flexibility index (Phi) is 4.43. The standard InChI is InChI=1S/C16H22N4O/c1-11(2)20(14-7-5-13(9-17)6-8-14)16(21)15-10-19(4)18-12(15)3/h5-8,10-11H,9,17H2,1-4H3. The average molecular weight is 286 g/mol. The van der Waals surface area contributed by atoms with Crippen LogP contribution in [0.3, 0.4) is 0 Å². The molecule has 1 aromatic heterocycles. The summed E-state index contributed by atoms with van der Waals surface area (Å²) in [6, 6.07) is 7.83. The lowest BCUT2D eigenvalue weighted by Gasteiger charge is -2.27. The highest BCUT2D eigenvalue weighted by atomic mass is 16.2. The summed E-state index contributed by atoms with van der Waals surface area (Å²) in [6.07, 6.45) is 1.77. The molecule has 2 aromatic rings. The van der Waals surface area contributed by atoms with Gasteiger partial charge in [-0.15, -0.1) is 0 Å². The van der Waals surface area contributed by atoms with Gasteiger partial charge in [0.15, 0.2) is 0 Å². The molecule has 21 heavy (non-hydrogen) atoms. The van der Waals surface area contributed by atoms with Gasteiger partial charge in [0, 0.05) is 31.5 Å². The van der Waals surface area contributed by atoms with Crippen LogP contribution >= 0.6 is 0 Å². The first-order valence-electron chi connectivity index (χ1n) is 7.07. The summed E-state index contributed by atoms with van der Waals surface area (Å²) in [5, 5.41) is 4.25. The zero-order chi connectivity index (χ0) is 15.6. The third kappa shape index (κ3) is 3.13. The Morgan fingerprint density at radius 2 is 1.95 bits per heavy atom. The van der Waals surface area contributed by atoms with Gasteiger partial charge >= 0.3 is 0 Å². The number of amides is 1. The summed E-state index contributed by atoms with van der Waals surface area (Å²) < 4.78 is 1.67. The Labute approximate surface area is 125 Å². The molecule has 0 aliphatic heterocycles. The van der Waals surface area contributed by atoms with Crippen molar-refractivity contribution < 1.29 is 4.79 Å². The number of carbonyl (C=O) groups excluding carboxylic acids is 1. The topological polar surface area (TPSA) is 64.2 Å². The van der Waals surface area contributed by atoms with E-state index in [1.54, 1.807) is 15.8 Å². The SMILES string of the molecule is Cc1nn(C)cc1C(=O)N(c1ccc(CN)cc1)C(C)C. The fourth-order valence-electron chi connectivity index (χ4n) is 2.38. The van der Waals surface area contributed by atoms with Crippen molar-refractivity contribution in [3.63, 3.8) is 0 Å². The fraction of sp³-hybridized carbons (Fsp3) is 0.375. The second-order valence-electron chi connectivity index (χ2n) is 5.44. The van der Waals surface area contributed by atoms with Crippen LogP contribution in [0, 0.1) is 6.92 Å². The highest BCUT2D eigenvalue weighted by Gasteiger charge is 2.23. The van der Waals surface area contributed by atoms with E-state index in [2.05, 4.69) is 5.10 Å². The van der Waals surface area contributed by atoms with Crippen LogP contribution in [0.25, 0.3) is 0 Å². The summed E-state index contributed by atoms with van der Waals surface area (Å²) in [4.78, 5) is 14.6. The van der Waals surface area contributed by atoms with Crippen LogP contribution in [0.2, 0.25) is 0 Å². The molecular formula is C16H22N4O. The lowest BCUT2D eigenvalue weighted by Crippen LogP contribution is -2.37. The molecule has 0 atom stereocenters. The van der Waals surface area contributed by atoms with E-state index in [1.807, 2.05) is 52.1 Å². The van der Waals surface area contributed by atoms with Crippen molar-refractivity contribution in [2.45, 2.75) is 33.4 Å². The molecule has 5 heteroatoms. The second-order valence-corrected chi connectivity index (χ2v) is 5.44. The number of benzene rings is 1. The van der Waals surface area contributed by atoms with Crippen molar-refractivity contribution >= 4 is 11.6 Å². The molecule has 1 amide bonds. The third-order valence-corrected chi connectivity index (χ3v) is 3.43. The number of aryl methyl sites for hydroxylation is 2. The zero-order valence-electron chi connectivity index (χ0n) is 13.0. The molecule has 2 rings (SSSR count). The largest absolute Gasteiger partial charge is 0.326 e. The first-order chi connectivity index (χ1) is 9.93. The summed E-state index contributed by atoms with van der Waals surface area (Å²) >= 11 is 0. The van der Waals surface area contributed by atoms with Crippen LogP contribution in [0.1, 0.15) is 35.5 Å². The monoisotopic (exact) mass is 286 g/mol. The summed E-state index contributed by atoms with van der Waals surface area (Å²) in [7, 11) is 1.82. The van der Waals surface area contributed by atoms with E-state index in [4.69, 9.17) is 5.73 Å². The van der Waals surface area contributed by atoms with Crippen molar-refractivity contribution in [1.29, 1.82) is 0 Å². The van der Waals surface area contributed by atoms with Gasteiger partial charge in [-0.25, -0.2) is 0 Å². The Bertz CT molecular complexity index is 628. The van der Waals surface area contributed by atoms with Gasteiger partial charge in [-0.2, -0.15) is 5.10 Å². The number of anilines is 1. The van der Waals surface area contributed by atoms with E-state index < -0.39 is 0 Å². The first-order valence-corrected chi connectivity index (χ1v) is 7.07. The fourth-order valence-corrected chi connectivity index (χ4v) is 2.38. The van der Waals surface area contributed by atoms with Crippen LogP contribution in [-0.2, 0) is 13.6 Å². The van der Waals surface area contributed by atoms with Crippen molar-refractivity contribution in [1.82, 2.24) is 9.78 Å². The van der Waals surface area contributed by atoms with Crippen molar-refractivity contribution in [3.8, 4) is 0 Å². The predicted molar refractivity (Wildman–Crippen MR) is 84.2 cm³/mol. The Morgan fingerprint density at radius 1 is 1.33 bits per heavy atom. The van der Waals surface area contributed by atoms with Gasteiger partial charge in [0.2, 0.25) is 0 Å². The molecule has 0 spiro atoms. The Hall–Kier alpha value is -2.14. The first kappa shape index (κ1) is 15.3. The van der Waals surface area contributed by atoms with Crippen LogP contribution in [-0.4, -0.2) is 21.7 Å². The van der Waals surface area contributed by atoms with E-state index in [9.17, 15) is 4.79 Å². The summed E-state index contributed by atoms with van der Waals surface area (Å²) in [5.74, 6) is -0.0314. The average Bonchev–Trinajstić information content (AvgIpc) is 2.78. The van der Waals surface area contributed by atoms with Gasteiger partial charge in [0.1, 0.15) is 0 Å². The number of rotatable bonds is 4. The van der Waals surface area contributed by atoms with Crippen molar-refractivity contribution in [3.05, 3.63) is 47.3 Å². The number of carbonyl (C=O) groups is 1. The molecule has 0 aliphatic carbocycles. The minimum atomic E-state index is -0.0314. The second kappa shape index (κ2) is 6.10. The molecule has 5 nitrogen and oxygen atoms in total. The minimum Gasteiger partial charge on any atom is -0.326 e. The molecule has 0 saturated heterocycles. The molecule has 2 N–H and O–H groups in total. The van der Waals surface area contributed by atoms with Crippen molar-refractivity contribution in [2.24, 2.45) is 12.8 Å². The van der Waals surface area contributed by atoms with Gasteiger partial charge in [-0.3, -0.25) is 9.48 Å². The van der Waals surface area contributed by atoms with E-state index >= 15 is 0 Å². The molecule has 112 valence electrons. The minimum absolute atomic E-state index is 0.0314. The molecule has 0 unspecified atom stereocenters. The van der Waals surface area contributed by atoms with Gasteiger partial charge in [-0.05, 0) is 38.5 Å².